The van der Waals surface area contributed by atoms with Gasteiger partial charge in [0.25, 0.3) is 0 Å². The van der Waals surface area contributed by atoms with Crippen molar-refractivity contribution in [2.45, 2.75) is 49.7 Å². The molecule has 0 spiro atoms. The number of sulfone groups is 1. The van der Waals surface area contributed by atoms with Gasteiger partial charge < -0.3 is 14.4 Å². The summed E-state index contributed by atoms with van der Waals surface area (Å²) in [6.07, 6.45) is 2.77. The molecule has 1 amide bonds. The third-order valence-electron chi connectivity index (χ3n) is 5.73. The lowest BCUT2D eigenvalue weighted by Gasteiger charge is -2.24. The lowest BCUT2D eigenvalue weighted by Crippen LogP contribution is -2.39. The summed E-state index contributed by atoms with van der Waals surface area (Å²) in [4.78, 5) is 25.3. The van der Waals surface area contributed by atoms with Gasteiger partial charge in [-0.3, -0.25) is 15.1 Å². The van der Waals surface area contributed by atoms with Gasteiger partial charge in [-0.25, -0.2) is 13.2 Å². The van der Waals surface area contributed by atoms with Crippen LogP contribution in [-0.2, 0) is 24.2 Å². The fraction of sp³-hybridized carbons (Fsp3) is 0.600. The van der Waals surface area contributed by atoms with Crippen molar-refractivity contribution < 1.29 is 41.5 Å². The topological polar surface area (TPSA) is 113 Å². The van der Waals surface area contributed by atoms with E-state index in [1.54, 1.807) is 0 Å². The van der Waals surface area contributed by atoms with E-state index in [-0.39, 0.29) is 47.5 Å². The van der Waals surface area contributed by atoms with E-state index in [0.717, 1.165) is 30.2 Å². The van der Waals surface area contributed by atoms with E-state index in [0.29, 0.717) is 0 Å². The standard InChI is InChI=1S/C20H26F2N2O7S/c1-11(25)23-10-13(6-16(23)19(26)30-2)14-7-15(24(27)9-12-4-5-12)17(31-20(21)22)8-18(14)32(3,28)29/h7-8,12-13,16,20,27H,4-6,9-10H2,1-3H3. The quantitative estimate of drug-likeness (QED) is 0.449. The predicted molar refractivity (Wildman–Crippen MR) is 109 cm³/mol. The summed E-state index contributed by atoms with van der Waals surface area (Å²) in [6.45, 7) is -1.75. The lowest BCUT2D eigenvalue weighted by molar-refractivity contribution is -0.150. The molecule has 32 heavy (non-hydrogen) atoms. The zero-order chi connectivity index (χ0) is 23.8. The average molecular weight is 476 g/mol. The number of hydrogen-bond donors (Lipinski definition) is 1. The molecule has 2 atom stereocenters. The summed E-state index contributed by atoms with van der Waals surface area (Å²) in [5.74, 6) is -1.92. The van der Waals surface area contributed by atoms with Crippen LogP contribution in [0.2, 0.25) is 0 Å². The Hall–Kier alpha value is -2.47. The van der Waals surface area contributed by atoms with Gasteiger partial charge in [-0.2, -0.15) is 8.78 Å². The fourth-order valence-corrected chi connectivity index (χ4v) is 4.99. The van der Waals surface area contributed by atoms with Crippen molar-refractivity contribution in [3.63, 3.8) is 0 Å². The number of halogens is 2. The van der Waals surface area contributed by atoms with Crippen LogP contribution in [0.3, 0.4) is 0 Å². The van der Waals surface area contributed by atoms with Crippen LogP contribution in [0.4, 0.5) is 14.5 Å². The normalized spacial score (nSPS) is 21.0. The maximum atomic E-state index is 13.0. The molecule has 1 aromatic rings. The number of hydroxylamine groups is 1. The van der Waals surface area contributed by atoms with Gasteiger partial charge >= 0.3 is 12.6 Å². The second-order valence-electron chi connectivity index (χ2n) is 8.18. The monoisotopic (exact) mass is 476 g/mol. The summed E-state index contributed by atoms with van der Waals surface area (Å²) in [5, 5.41) is 11.3. The van der Waals surface area contributed by atoms with Gasteiger partial charge in [-0.05, 0) is 36.8 Å². The number of anilines is 1. The van der Waals surface area contributed by atoms with Crippen molar-refractivity contribution in [1.29, 1.82) is 0 Å². The van der Waals surface area contributed by atoms with E-state index >= 15 is 0 Å². The van der Waals surface area contributed by atoms with E-state index in [4.69, 9.17) is 4.74 Å². The molecule has 0 radical (unpaired) electrons. The molecule has 1 saturated heterocycles. The molecule has 0 bridgehead atoms. The zero-order valence-electron chi connectivity index (χ0n) is 18.0. The van der Waals surface area contributed by atoms with Crippen LogP contribution in [0, 0.1) is 5.92 Å². The Labute approximate surface area is 184 Å². The number of nitrogens with zero attached hydrogens (tertiary/aromatic N) is 2. The van der Waals surface area contributed by atoms with Gasteiger partial charge in [0, 0.05) is 38.3 Å². The first kappa shape index (κ1) is 24.2. The average Bonchev–Trinajstić information content (AvgIpc) is 3.39. The second kappa shape index (κ2) is 9.18. The maximum Gasteiger partial charge on any atom is 0.387 e. The molecule has 2 unspecified atom stereocenters. The minimum atomic E-state index is -3.91. The van der Waals surface area contributed by atoms with Crippen LogP contribution in [0.15, 0.2) is 17.0 Å². The number of hydrogen-bond acceptors (Lipinski definition) is 8. The number of methoxy groups -OCH3 is 1. The Kier molecular flexibility index (Phi) is 6.94. The molecule has 1 saturated carbocycles. The number of alkyl halides is 2. The molecule has 1 N–H and O–H groups in total. The molecule has 2 fully saturated rings. The van der Waals surface area contributed by atoms with Crippen molar-refractivity contribution >= 4 is 27.4 Å². The number of esters is 1. The number of rotatable bonds is 8. The van der Waals surface area contributed by atoms with Crippen LogP contribution in [-0.4, -0.2) is 69.5 Å². The van der Waals surface area contributed by atoms with Gasteiger partial charge in [0.05, 0.1) is 12.0 Å². The molecular weight excluding hydrogens is 450 g/mol. The third-order valence-corrected chi connectivity index (χ3v) is 6.88. The van der Waals surface area contributed by atoms with Gasteiger partial charge in [0.15, 0.2) is 15.6 Å². The first-order valence-corrected chi connectivity index (χ1v) is 12.0. The summed E-state index contributed by atoms with van der Waals surface area (Å²) < 4.78 is 60.4. The molecule has 9 nitrogen and oxygen atoms in total. The Morgan fingerprint density at radius 2 is 1.97 bits per heavy atom. The first-order chi connectivity index (χ1) is 14.9. The molecule has 1 aliphatic heterocycles. The predicted octanol–water partition coefficient (Wildman–Crippen LogP) is 2.17. The van der Waals surface area contributed by atoms with Crippen molar-refractivity contribution in [1.82, 2.24) is 4.90 Å². The summed E-state index contributed by atoms with van der Waals surface area (Å²) in [7, 11) is -2.72. The first-order valence-electron chi connectivity index (χ1n) is 10.1. The van der Waals surface area contributed by atoms with Gasteiger partial charge in [-0.15, -0.1) is 0 Å². The van der Waals surface area contributed by atoms with Gasteiger partial charge in [0.2, 0.25) is 5.91 Å². The van der Waals surface area contributed by atoms with E-state index in [2.05, 4.69) is 4.74 Å². The Morgan fingerprint density at radius 1 is 1.31 bits per heavy atom. The summed E-state index contributed by atoms with van der Waals surface area (Å²) in [6, 6.07) is 1.34. The number of carbonyl (C=O) groups is 2. The molecular formula is C20H26F2N2O7S. The molecule has 0 aromatic heterocycles. The van der Waals surface area contributed by atoms with E-state index < -0.39 is 40.1 Å². The number of amides is 1. The molecule has 178 valence electrons. The minimum Gasteiger partial charge on any atom is -0.467 e. The van der Waals surface area contributed by atoms with Crippen LogP contribution in [0.25, 0.3) is 0 Å². The molecule has 1 aromatic carbocycles. The summed E-state index contributed by atoms with van der Waals surface area (Å²) in [5.41, 5.74) is 0.104. The van der Waals surface area contributed by atoms with Gasteiger partial charge in [0.1, 0.15) is 11.7 Å². The fourth-order valence-electron chi connectivity index (χ4n) is 4.01. The number of likely N-dealkylation sites (tertiary alicyclic amines) is 1. The minimum absolute atomic E-state index is 0.0279. The van der Waals surface area contributed by atoms with Crippen LogP contribution >= 0.6 is 0 Å². The van der Waals surface area contributed by atoms with E-state index in [1.807, 2.05) is 0 Å². The van der Waals surface area contributed by atoms with Crippen molar-refractivity contribution in [3.8, 4) is 5.75 Å². The van der Waals surface area contributed by atoms with Crippen LogP contribution in [0.5, 0.6) is 5.75 Å². The highest BCUT2D eigenvalue weighted by Gasteiger charge is 2.41. The Balaban J connectivity index is 2.10. The van der Waals surface area contributed by atoms with Crippen molar-refractivity contribution in [3.05, 3.63) is 17.7 Å². The molecule has 1 aliphatic carbocycles. The highest BCUT2D eigenvalue weighted by molar-refractivity contribution is 7.90. The van der Waals surface area contributed by atoms with E-state index in [1.165, 1.54) is 25.0 Å². The smallest absolute Gasteiger partial charge is 0.387 e. The number of ether oxygens (including phenoxy) is 2. The molecule has 3 rings (SSSR count). The number of carbonyl (C=O) groups excluding carboxylic acids is 2. The van der Waals surface area contributed by atoms with Crippen LogP contribution in [0.1, 0.15) is 37.7 Å². The lowest BCUT2D eigenvalue weighted by atomic mass is 9.95. The van der Waals surface area contributed by atoms with Gasteiger partial charge in [-0.1, -0.05) is 0 Å². The molecule has 1 heterocycles. The van der Waals surface area contributed by atoms with Crippen molar-refractivity contribution in [2.24, 2.45) is 5.92 Å². The Morgan fingerprint density at radius 3 is 2.47 bits per heavy atom. The highest BCUT2D eigenvalue weighted by atomic mass is 32.2. The Bertz CT molecular complexity index is 998. The van der Waals surface area contributed by atoms with E-state index in [9.17, 15) is 32.0 Å². The largest absolute Gasteiger partial charge is 0.467 e. The molecule has 2 aliphatic rings. The second-order valence-corrected chi connectivity index (χ2v) is 10.2. The number of benzene rings is 1. The maximum absolute atomic E-state index is 13.0. The van der Waals surface area contributed by atoms with Crippen LogP contribution < -0.4 is 9.80 Å². The molecule has 12 heteroatoms. The van der Waals surface area contributed by atoms with Crippen molar-refractivity contribution in [2.75, 3.05) is 31.5 Å². The SMILES string of the molecule is COC(=O)C1CC(c2cc(N(O)CC3CC3)c(OC(F)F)cc2S(C)(=O)=O)CN1C(C)=O. The zero-order valence-corrected chi connectivity index (χ0v) is 18.8. The summed E-state index contributed by atoms with van der Waals surface area (Å²) >= 11 is 0. The highest BCUT2D eigenvalue weighted by Crippen LogP contribution is 2.42. The third kappa shape index (κ3) is 5.29.